The highest BCUT2D eigenvalue weighted by molar-refractivity contribution is 5.85. The molecule has 17 heavy (non-hydrogen) atoms. The third-order valence-corrected chi connectivity index (χ3v) is 2.97. The number of benzene rings is 1. The molecule has 3 nitrogen and oxygen atoms in total. The lowest BCUT2D eigenvalue weighted by Gasteiger charge is -2.26. The fraction of sp³-hybridized carbons (Fsp3) is 0.357. The fourth-order valence-electron chi connectivity index (χ4n) is 1.52. The van der Waals surface area contributed by atoms with Gasteiger partial charge in [-0.15, -0.1) is 0 Å². The van der Waals surface area contributed by atoms with Crippen molar-refractivity contribution >= 4 is 17.7 Å². The van der Waals surface area contributed by atoms with Gasteiger partial charge in [-0.1, -0.05) is 19.1 Å². The smallest absolute Gasteiger partial charge is 0.328 e. The van der Waals surface area contributed by atoms with Crippen molar-refractivity contribution in [3.63, 3.8) is 0 Å². The van der Waals surface area contributed by atoms with Crippen LogP contribution in [-0.2, 0) is 4.79 Å². The normalized spacial score (nSPS) is 12.6. The number of aliphatic carboxylic acids is 1. The van der Waals surface area contributed by atoms with Gasteiger partial charge in [0.2, 0.25) is 0 Å². The first-order chi connectivity index (χ1) is 8.04. The molecule has 1 rings (SSSR count). The van der Waals surface area contributed by atoms with E-state index in [1.807, 2.05) is 24.3 Å². The van der Waals surface area contributed by atoms with Gasteiger partial charge < -0.3 is 10.0 Å². The number of anilines is 1. The Balaban J connectivity index is 2.77. The number of carboxylic acid groups (broad SMARTS) is 1. The number of rotatable bonds is 5. The Morgan fingerprint density at radius 1 is 1.41 bits per heavy atom. The lowest BCUT2D eigenvalue weighted by molar-refractivity contribution is -0.131. The molecule has 1 aromatic carbocycles. The summed E-state index contributed by atoms with van der Waals surface area (Å²) >= 11 is 0. The van der Waals surface area contributed by atoms with Gasteiger partial charge in [0.15, 0.2) is 0 Å². The van der Waals surface area contributed by atoms with Crippen LogP contribution in [0.3, 0.4) is 0 Å². The lowest BCUT2D eigenvalue weighted by Crippen LogP contribution is -2.27. The van der Waals surface area contributed by atoms with E-state index in [1.165, 1.54) is 0 Å². The van der Waals surface area contributed by atoms with Gasteiger partial charge in [-0.3, -0.25) is 0 Å². The van der Waals surface area contributed by atoms with E-state index in [4.69, 9.17) is 5.11 Å². The molecule has 0 aromatic heterocycles. The molecule has 0 aliphatic carbocycles. The molecule has 0 amide bonds. The third kappa shape index (κ3) is 3.94. The fourth-order valence-corrected chi connectivity index (χ4v) is 1.52. The van der Waals surface area contributed by atoms with Crippen molar-refractivity contribution in [2.75, 3.05) is 11.9 Å². The Hall–Kier alpha value is -1.77. The van der Waals surface area contributed by atoms with Crippen molar-refractivity contribution in [1.82, 2.24) is 0 Å². The van der Waals surface area contributed by atoms with Crippen LogP contribution in [0.25, 0.3) is 6.08 Å². The van der Waals surface area contributed by atoms with E-state index in [9.17, 15) is 4.79 Å². The van der Waals surface area contributed by atoms with Crippen molar-refractivity contribution < 1.29 is 9.90 Å². The first-order valence-electron chi connectivity index (χ1n) is 5.78. The second-order valence-electron chi connectivity index (χ2n) is 4.13. The zero-order chi connectivity index (χ0) is 12.8. The largest absolute Gasteiger partial charge is 0.478 e. The van der Waals surface area contributed by atoms with E-state index >= 15 is 0 Å². The number of nitrogens with zero attached hydrogens (tertiary/aromatic N) is 1. The Morgan fingerprint density at radius 3 is 2.47 bits per heavy atom. The molecule has 0 saturated carbocycles. The summed E-state index contributed by atoms with van der Waals surface area (Å²) in [6, 6.07) is 8.36. The van der Waals surface area contributed by atoms with Crippen molar-refractivity contribution in [2.45, 2.75) is 26.3 Å². The molecule has 1 aromatic rings. The maximum absolute atomic E-state index is 10.4. The summed E-state index contributed by atoms with van der Waals surface area (Å²) in [5.74, 6) is -0.925. The Morgan fingerprint density at radius 2 is 2.00 bits per heavy atom. The molecule has 1 N–H and O–H groups in total. The topological polar surface area (TPSA) is 40.5 Å². The van der Waals surface area contributed by atoms with Gasteiger partial charge in [0, 0.05) is 24.9 Å². The highest BCUT2D eigenvalue weighted by Crippen LogP contribution is 2.17. The van der Waals surface area contributed by atoms with E-state index in [0.29, 0.717) is 6.04 Å². The minimum atomic E-state index is -0.925. The standard InChI is InChI=1S/C14H19NO2/c1-4-11(2)15(3)13-8-5-12(6-9-13)7-10-14(16)17/h5-11H,4H2,1-3H3,(H,16,17)/b10-7+. The second kappa shape index (κ2) is 6.09. The molecular weight excluding hydrogens is 214 g/mol. The van der Waals surface area contributed by atoms with Crippen LogP contribution in [0.15, 0.2) is 30.3 Å². The van der Waals surface area contributed by atoms with Gasteiger partial charge in [0.1, 0.15) is 0 Å². The number of hydrogen-bond acceptors (Lipinski definition) is 2. The molecule has 0 aliphatic heterocycles. The van der Waals surface area contributed by atoms with Gasteiger partial charge in [0.25, 0.3) is 0 Å². The average Bonchev–Trinajstić information content (AvgIpc) is 2.35. The van der Waals surface area contributed by atoms with Crippen molar-refractivity contribution in [3.8, 4) is 0 Å². The summed E-state index contributed by atoms with van der Waals surface area (Å²) in [7, 11) is 2.07. The maximum atomic E-state index is 10.4. The minimum absolute atomic E-state index is 0.496. The SMILES string of the molecule is CCC(C)N(C)c1ccc(/C=C/C(=O)O)cc1. The van der Waals surface area contributed by atoms with Crippen LogP contribution in [0.1, 0.15) is 25.8 Å². The molecule has 0 spiro atoms. The molecule has 1 unspecified atom stereocenters. The van der Waals surface area contributed by atoms with Crippen LogP contribution in [0.2, 0.25) is 0 Å². The molecule has 0 radical (unpaired) electrons. The molecule has 0 bridgehead atoms. The summed E-state index contributed by atoms with van der Waals surface area (Å²) in [4.78, 5) is 12.6. The van der Waals surface area contributed by atoms with Crippen LogP contribution in [-0.4, -0.2) is 24.2 Å². The van der Waals surface area contributed by atoms with E-state index in [1.54, 1.807) is 6.08 Å². The zero-order valence-corrected chi connectivity index (χ0v) is 10.6. The van der Waals surface area contributed by atoms with E-state index in [2.05, 4.69) is 25.8 Å². The summed E-state index contributed by atoms with van der Waals surface area (Å²) in [6.45, 7) is 4.34. The van der Waals surface area contributed by atoms with Gasteiger partial charge in [-0.2, -0.15) is 0 Å². The Labute approximate surface area is 102 Å². The molecule has 0 aliphatic rings. The maximum Gasteiger partial charge on any atom is 0.328 e. The first kappa shape index (κ1) is 13.3. The number of carbonyl (C=O) groups is 1. The van der Waals surface area contributed by atoms with Gasteiger partial charge in [0.05, 0.1) is 0 Å². The number of hydrogen-bond donors (Lipinski definition) is 1. The van der Waals surface area contributed by atoms with E-state index < -0.39 is 5.97 Å². The predicted octanol–water partition coefficient (Wildman–Crippen LogP) is 3.02. The van der Waals surface area contributed by atoms with Crippen LogP contribution >= 0.6 is 0 Å². The summed E-state index contributed by atoms with van der Waals surface area (Å²) in [5.41, 5.74) is 2.04. The predicted molar refractivity (Wildman–Crippen MR) is 71.3 cm³/mol. The molecule has 1 atom stereocenters. The molecular formula is C14H19NO2. The molecule has 3 heteroatoms. The van der Waals surface area contributed by atoms with Crippen LogP contribution in [0, 0.1) is 0 Å². The van der Waals surface area contributed by atoms with Crippen molar-refractivity contribution in [3.05, 3.63) is 35.9 Å². The lowest BCUT2D eigenvalue weighted by atomic mass is 10.1. The molecule has 0 saturated heterocycles. The monoisotopic (exact) mass is 233 g/mol. The quantitative estimate of drug-likeness (QED) is 0.795. The van der Waals surface area contributed by atoms with Gasteiger partial charge >= 0.3 is 5.97 Å². The van der Waals surface area contributed by atoms with E-state index in [0.717, 1.165) is 23.7 Å². The number of carboxylic acids is 1. The first-order valence-corrected chi connectivity index (χ1v) is 5.78. The molecule has 0 fully saturated rings. The summed E-state index contributed by atoms with van der Waals surface area (Å²) in [6.07, 6.45) is 3.83. The van der Waals surface area contributed by atoms with Crippen LogP contribution < -0.4 is 4.90 Å². The van der Waals surface area contributed by atoms with Crippen LogP contribution in [0.5, 0.6) is 0 Å². The Bertz CT molecular complexity index is 395. The molecule has 0 heterocycles. The highest BCUT2D eigenvalue weighted by atomic mass is 16.4. The average molecular weight is 233 g/mol. The minimum Gasteiger partial charge on any atom is -0.478 e. The van der Waals surface area contributed by atoms with Gasteiger partial charge in [-0.05, 0) is 37.1 Å². The van der Waals surface area contributed by atoms with Crippen LogP contribution in [0.4, 0.5) is 5.69 Å². The van der Waals surface area contributed by atoms with Crippen molar-refractivity contribution in [2.24, 2.45) is 0 Å². The van der Waals surface area contributed by atoms with E-state index in [-0.39, 0.29) is 0 Å². The third-order valence-electron chi connectivity index (χ3n) is 2.97. The Kier molecular flexibility index (Phi) is 4.76. The van der Waals surface area contributed by atoms with Crippen molar-refractivity contribution in [1.29, 1.82) is 0 Å². The van der Waals surface area contributed by atoms with Gasteiger partial charge in [-0.25, -0.2) is 4.79 Å². The second-order valence-corrected chi connectivity index (χ2v) is 4.13. The highest BCUT2D eigenvalue weighted by Gasteiger charge is 2.06. The summed E-state index contributed by atoms with van der Waals surface area (Å²) in [5, 5.41) is 8.53. The molecule has 92 valence electrons. The summed E-state index contributed by atoms with van der Waals surface area (Å²) < 4.78 is 0. The zero-order valence-electron chi connectivity index (χ0n) is 10.6.